The molecule has 0 fully saturated rings. The van der Waals surface area contributed by atoms with Crippen LogP contribution in [0.25, 0.3) is 0 Å². The molecule has 0 unspecified atom stereocenters. The zero-order valence-corrected chi connectivity index (χ0v) is 15.1. The zero-order chi connectivity index (χ0) is 18.8. The van der Waals surface area contributed by atoms with Crippen LogP contribution < -0.4 is 15.4 Å². The Morgan fingerprint density at radius 1 is 0.808 bits per heavy atom. The van der Waals surface area contributed by atoms with E-state index in [9.17, 15) is 9.59 Å². The average molecular weight is 356 g/mol. The highest BCUT2D eigenvalue weighted by molar-refractivity contribution is 5.89. The first kappa shape index (κ1) is 19.3. The van der Waals surface area contributed by atoms with Gasteiger partial charge < -0.3 is 20.1 Å². The van der Waals surface area contributed by atoms with Crippen LogP contribution in [0.3, 0.4) is 0 Å². The Morgan fingerprint density at radius 3 is 1.85 bits per heavy atom. The van der Waals surface area contributed by atoms with Gasteiger partial charge in [0, 0.05) is 13.1 Å². The Balaban J connectivity index is 1.75. The molecular weight excluding hydrogens is 332 g/mol. The fraction of sp³-hybridized carbons (Fsp3) is 0.300. The Morgan fingerprint density at radius 2 is 1.35 bits per heavy atom. The van der Waals surface area contributed by atoms with Crippen LogP contribution >= 0.6 is 0 Å². The van der Waals surface area contributed by atoms with Crippen LogP contribution in [0.2, 0.25) is 0 Å². The van der Waals surface area contributed by atoms with Crippen molar-refractivity contribution in [3.8, 4) is 5.75 Å². The third kappa shape index (κ3) is 6.12. The van der Waals surface area contributed by atoms with Gasteiger partial charge in [0.2, 0.25) is 0 Å². The number of amides is 2. The minimum Gasteiger partial charge on any atom is -0.494 e. The number of esters is 1. The molecule has 0 spiro atoms. The number of benzene rings is 2. The molecule has 2 amide bonds. The van der Waals surface area contributed by atoms with Gasteiger partial charge in [0.15, 0.2) is 0 Å². The number of rotatable bonds is 8. The third-order valence-corrected chi connectivity index (χ3v) is 3.61. The molecule has 138 valence electrons. The summed E-state index contributed by atoms with van der Waals surface area (Å²) in [5.74, 6) is 0.465. The van der Waals surface area contributed by atoms with Gasteiger partial charge in [-0.3, -0.25) is 0 Å². The highest BCUT2D eigenvalue weighted by Gasteiger charge is 2.06. The summed E-state index contributed by atoms with van der Waals surface area (Å²) in [4.78, 5) is 23.5. The van der Waals surface area contributed by atoms with Crippen molar-refractivity contribution in [1.82, 2.24) is 10.6 Å². The number of carbonyl (C=O) groups is 2. The molecule has 0 aromatic heterocycles. The molecule has 0 aliphatic carbocycles. The first-order valence-corrected chi connectivity index (χ1v) is 8.62. The summed E-state index contributed by atoms with van der Waals surface area (Å²) in [5.41, 5.74) is 2.38. The highest BCUT2D eigenvalue weighted by atomic mass is 16.5. The Kier molecular flexibility index (Phi) is 7.49. The number of ether oxygens (including phenoxy) is 2. The van der Waals surface area contributed by atoms with Crippen molar-refractivity contribution >= 4 is 12.0 Å². The fourth-order valence-electron chi connectivity index (χ4n) is 2.27. The molecular formula is C20H24N2O4. The lowest BCUT2D eigenvalue weighted by atomic mass is 10.1. The summed E-state index contributed by atoms with van der Waals surface area (Å²) >= 11 is 0. The standard InChI is InChI=1S/C20H24N2O4/c1-3-25-18-11-7-16(8-12-18)14-22-20(24)21-13-15-5-9-17(10-6-15)19(23)26-4-2/h5-12H,3-4,13-14H2,1-2H3,(H2,21,22,24). The molecule has 0 heterocycles. The van der Waals surface area contributed by atoms with Gasteiger partial charge in [-0.15, -0.1) is 0 Å². The maximum absolute atomic E-state index is 11.9. The quantitative estimate of drug-likeness (QED) is 0.712. The molecule has 2 N–H and O–H groups in total. The van der Waals surface area contributed by atoms with Gasteiger partial charge in [-0.25, -0.2) is 9.59 Å². The van der Waals surface area contributed by atoms with E-state index < -0.39 is 0 Å². The van der Waals surface area contributed by atoms with Crippen molar-refractivity contribution in [1.29, 1.82) is 0 Å². The summed E-state index contributed by atoms with van der Waals surface area (Å²) in [6.45, 7) is 5.47. The molecule has 6 heteroatoms. The molecule has 2 aromatic rings. The Bertz CT molecular complexity index is 712. The lowest BCUT2D eigenvalue weighted by Crippen LogP contribution is -2.34. The average Bonchev–Trinajstić information content (AvgIpc) is 2.66. The molecule has 0 saturated heterocycles. The van der Waals surface area contributed by atoms with Crippen molar-refractivity contribution in [3.63, 3.8) is 0 Å². The second-order valence-corrected chi connectivity index (χ2v) is 5.53. The van der Waals surface area contributed by atoms with E-state index in [-0.39, 0.29) is 12.0 Å². The predicted octanol–water partition coefficient (Wildman–Crippen LogP) is 3.26. The van der Waals surface area contributed by atoms with E-state index >= 15 is 0 Å². The molecule has 0 aliphatic heterocycles. The first-order valence-electron chi connectivity index (χ1n) is 8.62. The monoisotopic (exact) mass is 356 g/mol. The summed E-state index contributed by atoms with van der Waals surface area (Å²) in [5, 5.41) is 5.59. The first-order chi connectivity index (χ1) is 12.6. The van der Waals surface area contributed by atoms with E-state index in [0.717, 1.165) is 16.9 Å². The number of hydrogen-bond donors (Lipinski definition) is 2. The Hall–Kier alpha value is -3.02. The SMILES string of the molecule is CCOC(=O)c1ccc(CNC(=O)NCc2ccc(OCC)cc2)cc1. The second-order valence-electron chi connectivity index (χ2n) is 5.53. The smallest absolute Gasteiger partial charge is 0.338 e. The van der Waals surface area contributed by atoms with E-state index in [0.29, 0.717) is 31.9 Å². The van der Waals surface area contributed by atoms with Crippen molar-refractivity contribution in [2.75, 3.05) is 13.2 Å². The van der Waals surface area contributed by atoms with Gasteiger partial charge in [0.25, 0.3) is 0 Å². The number of urea groups is 1. The van der Waals surface area contributed by atoms with Crippen LogP contribution in [-0.2, 0) is 17.8 Å². The largest absolute Gasteiger partial charge is 0.494 e. The normalized spacial score (nSPS) is 10.1. The van der Waals surface area contributed by atoms with Crippen LogP contribution in [-0.4, -0.2) is 25.2 Å². The molecule has 2 aromatic carbocycles. The van der Waals surface area contributed by atoms with Crippen LogP contribution in [0.5, 0.6) is 5.75 Å². The van der Waals surface area contributed by atoms with Crippen molar-refractivity contribution in [2.24, 2.45) is 0 Å². The number of nitrogens with one attached hydrogen (secondary N) is 2. The van der Waals surface area contributed by atoms with Crippen LogP contribution in [0, 0.1) is 0 Å². The summed E-state index contributed by atoms with van der Waals surface area (Å²) < 4.78 is 10.3. The predicted molar refractivity (Wildman–Crippen MR) is 99.1 cm³/mol. The molecule has 0 bridgehead atoms. The molecule has 6 nitrogen and oxygen atoms in total. The second kappa shape index (κ2) is 10.1. The van der Waals surface area contributed by atoms with Gasteiger partial charge in [0.05, 0.1) is 18.8 Å². The molecule has 0 radical (unpaired) electrons. The minimum atomic E-state index is -0.347. The van der Waals surface area contributed by atoms with Crippen molar-refractivity contribution < 1.29 is 19.1 Å². The number of carbonyl (C=O) groups excluding carboxylic acids is 2. The minimum absolute atomic E-state index is 0.256. The maximum Gasteiger partial charge on any atom is 0.338 e. The van der Waals surface area contributed by atoms with Gasteiger partial charge in [-0.1, -0.05) is 24.3 Å². The topological polar surface area (TPSA) is 76.7 Å². The van der Waals surface area contributed by atoms with E-state index in [1.54, 1.807) is 31.2 Å². The van der Waals surface area contributed by atoms with Crippen LogP contribution in [0.4, 0.5) is 4.79 Å². The Labute approximate surface area is 153 Å². The van der Waals surface area contributed by atoms with Crippen LogP contribution in [0.15, 0.2) is 48.5 Å². The lowest BCUT2D eigenvalue weighted by molar-refractivity contribution is 0.0526. The van der Waals surface area contributed by atoms with Gasteiger partial charge in [-0.05, 0) is 49.2 Å². The van der Waals surface area contributed by atoms with E-state index in [1.807, 2.05) is 31.2 Å². The maximum atomic E-state index is 11.9. The van der Waals surface area contributed by atoms with Crippen molar-refractivity contribution in [2.45, 2.75) is 26.9 Å². The molecule has 0 atom stereocenters. The van der Waals surface area contributed by atoms with Gasteiger partial charge in [-0.2, -0.15) is 0 Å². The lowest BCUT2D eigenvalue weighted by Gasteiger charge is -2.09. The molecule has 2 rings (SSSR count). The summed E-state index contributed by atoms with van der Waals surface area (Å²) in [6, 6.07) is 14.3. The van der Waals surface area contributed by atoms with Gasteiger partial charge in [0.1, 0.15) is 5.75 Å². The van der Waals surface area contributed by atoms with E-state index in [2.05, 4.69) is 10.6 Å². The molecule has 0 saturated carbocycles. The van der Waals surface area contributed by atoms with Crippen LogP contribution in [0.1, 0.15) is 35.3 Å². The summed E-state index contributed by atoms with van der Waals surface area (Å²) in [6.07, 6.45) is 0. The highest BCUT2D eigenvalue weighted by Crippen LogP contribution is 2.11. The number of hydrogen-bond acceptors (Lipinski definition) is 4. The fourth-order valence-corrected chi connectivity index (χ4v) is 2.27. The van der Waals surface area contributed by atoms with E-state index in [1.165, 1.54) is 0 Å². The van der Waals surface area contributed by atoms with Crippen molar-refractivity contribution in [3.05, 3.63) is 65.2 Å². The summed E-state index contributed by atoms with van der Waals surface area (Å²) in [7, 11) is 0. The van der Waals surface area contributed by atoms with E-state index in [4.69, 9.17) is 9.47 Å². The van der Waals surface area contributed by atoms with Gasteiger partial charge >= 0.3 is 12.0 Å². The molecule has 0 aliphatic rings. The third-order valence-electron chi connectivity index (χ3n) is 3.61. The zero-order valence-electron chi connectivity index (χ0n) is 15.1. The molecule has 26 heavy (non-hydrogen) atoms.